The topological polar surface area (TPSA) is 20.2 Å². The highest BCUT2D eigenvalue weighted by Crippen LogP contribution is 2.19. The van der Waals surface area contributed by atoms with E-state index < -0.39 is 0 Å². The molecule has 0 unspecified atom stereocenters. The molecule has 52 valence electrons. The van der Waals surface area contributed by atoms with Gasteiger partial charge in [-0.3, -0.25) is 0 Å². The third kappa shape index (κ3) is 1.55. The van der Waals surface area contributed by atoms with E-state index in [9.17, 15) is 5.11 Å². The van der Waals surface area contributed by atoms with E-state index in [4.69, 9.17) is 0 Å². The van der Waals surface area contributed by atoms with E-state index in [1.807, 2.05) is 0 Å². The Morgan fingerprint density at radius 2 is 2.44 bits per heavy atom. The molecular weight excluding hydrogens is 112 g/mol. The molecule has 1 N–H and O–H groups in total. The minimum atomic E-state index is -0.0694. The third-order valence-corrected chi connectivity index (χ3v) is 1.98. The number of hydrogen-bond acceptors (Lipinski definition) is 1. The summed E-state index contributed by atoms with van der Waals surface area (Å²) in [6.07, 6.45) is 7.30. The predicted molar refractivity (Wildman–Crippen MR) is 38.2 cm³/mol. The molecule has 1 nitrogen and oxygen atoms in total. The van der Waals surface area contributed by atoms with E-state index >= 15 is 0 Å². The predicted octanol–water partition coefficient (Wildman–Crippen LogP) is 1.72. The van der Waals surface area contributed by atoms with Gasteiger partial charge in [0.25, 0.3) is 0 Å². The Bertz CT molecular complexity index is 107. The van der Waals surface area contributed by atoms with Crippen LogP contribution in [0.15, 0.2) is 12.2 Å². The largest absolute Gasteiger partial charge is 0.393 e. The third-order valence-electron chi connectivity index (χ3n) is 1.98. The van der Waals surface area contributed by atoms with Crippen LogP contribution in [-0.2, 0) is 0 Å². The van der Waals surface area contributed by atoms with E-state index in [-0.39, 0.29) is 6.10 Å². The second-order valence-electron chi connectivity index (χ2n) is 2.64. The molecule has 2 atom stereocenters. The van der Waals surface area contributed by atoms with E-state index in [2.05, 4.69) is 19.1 Å². The van der Waals surface area contributed by atoms with Crippen molar-refractivity contribution in [2.24, 2.45) is 5.92 Å². The minimum absolute atomic E-state index is 0.0694. The van der Waals surface area contributed by atoms with Gasteiger partial charge in [-0.05, 0) is 19.3 Å². The summed E-state index contributed by atoms with van der Waals surface area (Å²) in [6.45, 7) is 2.11. The number of rotatable bonds is 1. The van der Waals surface area contributed by atoms with Crippen molar-refractivity contribution in [2.45, 2.75) is 32.3 Å². The summed E-state index contributed by atoms with van der Waals surface area (Å²) >= 11 is 0. The van der Waals surface area contributed by atoms with Crippen molar-refractivity contribution in [1.29, 1.82) is 0 Å². The maximum absolute atomic E-state index is 9.32. The van der Waals surface area contributed by atoms with Gasteiger partial charge in [0.15, 0.2) is 0 Å². The first-order valence-electron chi connectivity index (χ1n) is 3.69. The average molecular weight is 126 g/mol. The van der Waals surface area contributed by atoms with Gasteiger partial charge in [0.1, 0.15) is 0 Å². The monoisotopic (exact) mass is 126 g/mol. The fourth-order valence-electron chi connectivity index (χ4n) is 1.29. The number of hydrogen-bond donors (Lipinski definition) is 1. The first-order valence-corrected chi connectivity index (χ1v) is 3.69. The van der Waals surface area contributed by atoms with Crippen LogP contribution in [0.1, 0.15) is 26.2 Å². The highest BCUT2D eigenvalue weighted by molar-refractivity contribution is 4.96. The van der Waals surface area contributed by atoms with Crippen LogP contribution in [0.2, 0.25) is 0 Å². The number of allylic oxidation sites excluding steroid dienone is 1. The quantitative estimate of drug-likeness (QED) is 0.530. The second kappa shape index (κ2) is 3.02. The molecule has 1 aliphatic carbocycles. The molecule has 1 heteroatoms. The Morgan fingerprint density at radius 3 is 2.89 bits per heavy atom. The molecule has 0 radical (unpaired) electrons. The lowest BCUT2D eigenvalue weighted by molar-refractivity contribution is 0.114. The molecule has 0 aromatic carbocycles. The summed E-state index contributed by atoms with van der Waals surface area (Å²) in [6, 6.07) is 0. The Balaban J connectivity index is 2.46. The molecule has 0 spiro atoms. The molecule has 0 aromatic rings. The van der Waals surface area contributed by atoms with Crippen molar-refractivity contribution in [3.8, 4) is 0 Å². The SMILES string of the molecule is CC[C@H]1C=CCC[C@H]1O. The summed E-state index contributed by atoms with van der Waals surface area (Å²) in [4.78, 5) is 0. The lowest BCUT2D eigenvalue weighted by atomic mass is 9.91. The lowest BCUT2D eigenvalue weighted by Gasteiger charge is -2.20. The first kappa shape index (κ1) is 6.81. The zero-order valence-electron chi connectivity index (χ0n) is 5.88. The van der Waals surface area contributed by atoms with Crippen LogP contribution in [-0.4, -0.2) is 11.2 Å². The summed E-state index contributed by atoms with van der Waals surface area (Å²) in [7, 11) is 0. The Kier molecular flexibility index (Phi) is 2.29. The Labute approximate surface area is 56.4 Å². The van der Waals surface area contributed by atoms with Crippen LogP contribution in [0.3, 0.4) is 0 Å². The average Bonchev–Trinajstić information content (AvgIpc) is 1.89. The van der Waals surface area contributed by atoms with Gasteiger partial charge in [0.05, 0.1) is 6.10 Å². The highest BCUT2D eigenvalue weighted by atomic mass is 16.3. The summed E-state index contributed by atoms with van der Waals surface area (Å²) in [5.41, 5.74) is 0. The van der Waals surface area contributed by atoms with Crippen molar-refractivity contribution >= 4 is 0 Å². The van der Waals surface area contributed by atoms with Crippen LogP contribution in [0.25, 0.3) is 0 Å². The van der Waals surface area contributed by atoms with Gasteiger partial charge in [-0.2, -0.15) is 0 Å². The molecule has 0 heterocycles. The Morgan fingerprint density at radius 1 is 1.67 bits per heavy atom. The maximum Gasteiger partial charge on any atom is 0.0605 e. The Hall–Kier alpha value is -0.300. The van der Waals surface area contributed by atoms with E-state index in [0.29, 0.717) is 5.92 Å². The van der Waals surface area contributed by atoms with Gasteiger partial charge < -0.3 is 5.11 Å². The second-order valence-corrected chi connectivity index (χ2v) is 2.64. The number of aliphatic hydroxyl groups excluding tert-OH is 1. The summed E-state index contributed by atoms with van der Waals surface area (Å²) in [5.74, 6) is 0.429. The van der Waals surface area contributed by atoms with Crippen molar-refractivity contribution in [1.82, 2.24) is 0 Å². The van der Waals surface area contributed by atoms with Gasteiger partial charge in [0, 0.05) is 5.92 Å². The fraction of sp³-hybridized carbons (Fsp3) is 0.750. The van der Waals surface area contributed by atoms with Gasteiger partial charge >= 0.3 is 0 Å². The molecule has 0 amide bonds. The molecule has 0 fully saturated rings. The van der Waals surface area contributed by atoms with Crippen LogP contribution >= 0.6 is 0 Å². The number of aliphatic hydroxyl groups is 1. The van der Waals surface area contributed by atoms with Crippen molar-refractivity contribution in [3.63, 3.8) is 0 Å². The van der Waals surface area contributed by atoms with Gasteiger partial charge in [-0.25, -0.2) is 0 Å². The van der Waals surface area contributed by atoms with Crippen LogP contribution in [0.4, 0.5) is 0 Å². The zero-order valence-corrected chi connectivity index (χ0v) is 5.88. The van der Waals surface area contributed by atoms with Gasteiger partial charge in [-0.1, -0.05) is 19.1 Å². The lowest BCUT2D eigenvalue weighted by Crippen LogP contribution is -2.19. The molecule has 0 aliphatic heterocycles. The maximum atomic E-state index is 9.32. The standard InChI is InChI=1S/C8H14O/c1-2-7-5-3-4-6-8(7)9/h3,5,7-9H,2,4,6H2,1H3/t7-,8+/m0/s1. The molecule has 0 saturated carbocycles. The smallest absolute Gasteiger partial charge is 0.0605 e. The van der Waals surface area contributed by atoms with Crippen LogP contribution < -0.4 is 0 Å². The molecule has 0 saturated heterocycles. The van der Waals surface area contributed by atoms with Gasteiger partial charge in [-0.15, -0.1) is 0 Å². The molecule has 1 rings (SSSR count). The molecule has 0 bridgehead atoms. The first-order chi connectivity index (χ1) is 4.34. The molecule has 9 heavy (non-hydrogen) atoms. The fourth-order valence-corrected chi connectivity index (χ4v) is 1.29. The van der Waals surface area contributed by atoms with E-state index in [1.165, 1.54) is 0 Å². The molecular formula is C8H14O. The minimum Gasteiger partial charge on any atom is -0.393 e. The van der Waals surface area contributed by atoms with Gasteiger partial charge in [0.2, 0.25) is 0 Å². The highest BCUT2D eigenvalue weighted by Gasteiger charge is 2.15. The van der Waals surface area contributed by atoms with Crippen molar-refractivity contribution < 1.29 is 5.11 Å². The summed E-state index contributed by atoms with van der Waals surface area (Å²) < 4.78 is 0. The van der Waals surface area contributed by atoms with Crippen molar-refractivity contribution in [3.05, 3.63) is 12.2 Å². The molecule has 0 aromatic heterocycles. The summed E-state index contributed by atoms with van der Waals surface area (Å²) in [5, 5.41) is 9.32. The molecule has 1 aliphatic rings. The normalized spacial score (nSPS) is 34.9. The van der Waals surface area contributed by atoms with Crippen LogP contribution in [0, 0.1) is 5.92 Å². The van der Waals surface area contributed by atoms with Crippen molar-refractivity contribution in [2.75, 3.05) is 0 Å². The zero-order chi connectivity index (χ0) is 6.69. The van der Waals surface area contributed by atoms with E-state index in [1.54, 1.807) is 0 Å². The van der Waals surface area contributed by atoms with E-state index in [0.717, 1.165) is 19.3 Å². The van der Waals surface area contributed by atoms with Crippen LogP contribution in [0.5, 0.6) is 0 Å².